The number of hydrogen-bond donors (Lipinski definition) is 2. The standard InChI is InChI=1S/C20H20F3NO2/c21-20(22,23)17-9-2-1-7-15(17)16-8-4-10-18(16)24-12-13-5-3-6-14(11-13)19(25)26/h1-3,5-7,9,11,16,18,24H,4,8,10,12H2,(H,25,26). The summed E-state index contributed by atoms with van der Waals surface area (Å²) in [6, 6.07) is 12.3. The molecular weight excluding hydrogens is 343 g/mol. The number of carboxylic acids is 1. The lowest BCUT2D eigenvalue weighted by Crippen LogP contribution is -2.31. The number of carbonyl (C=O) groups is 1. The summed E-state index contributed by atoms with van der Waals surface area (Å²) in [5, 5.41) is 12.4. The highest BCUT2D eigenvalue weighted by atomic mass is 19.4. The molecule has 0 radical (unpaired) electrons. The molecule has 26 heavy (non-hydrogen) atoms. The van der Waals surface area contributed by atoms with Crippen molar-refractivity contribution in [3.63, 3.8) is 0 Å². The van der Waals surface area contributed by atoms with Gasteiger partial charge >= 0.3 is 12.1 Å². The highest BCUT2D eigenvalue weighted by Gasteiger charge is 2.38. The molecular formula is C20H20F3NO2. The number of rotatable bonds is 5. The maximum absolute atomic E-state index is 13.3. The summed E-state index contributed by atoms with van der Waals surface area (Å²) in [4.78, 5) is 11.1. The van der Waals surface area contributed by atoms with Gasteiger partial charge < -0.3 is 10.4 Å². The van der Waals surface area contributed by atoms with Crippen LogP contribution in [0, 0.1) is 0 Å². The van der Waals surface area contributed by atoms with E-state index >= 15 is 0 Å². The van der Waals surface area contributed by atoms with Gasteiger partial charge in [-0.15, -0.1) is 0 Å². The van der Waals surface area contributed by atoms with Gasteiger partial charge in [-0.3, -0.25) is 0 Å². The predicted molar refractivity (Wildman–Crippen MR) is 92.1 cm³/mol. The first-order valence-electron chi connectivity index (χ1n) is 8.58. The van der Waals surface area contributed by atoms with E-state index in [1.165, 1.54) is 12.1 Å². The van der Waals surface area contributed by atoms with Gasteiger partial charge in [0.25, 0.3) is 0 Å². The van der Waals surface area contributed by atoms with Crippen molar-refractivity contribution in [2.75, 3.05) is 0 Å². The van der Waals surface area contributed by atoms with Crippen LogP contribution in [-0.4, -0.2) is 17.1 Å². The Hall–Kier alpha value is -2.34. The molecule has 3 rings (SSSR count). The zero-order valence-electron chi connectivity index (χ0n) is 14.1. The molecule has 1 saturated carbocycles. The predicted octanol–water partition coefficient (Wildman–Crippen LogP) is 4.83. The van der Waals surface area contributed by atoms with Crippen LogP contribution in [0.2, 0.25) is 0 Å². The molecule has 0 heterocycles. The Bertz CT molecular complexity index is 789. The van der Waals surface area contributed by atoms with Gasteiger partial charge in [0.2, 0.25) is 0 Å². The van der Waals surface area contributed by atoms with E-state index in [1.54, 1.807) is 24.3 Å². The van der Waals surface area contributed by atoms with Crippen LogP contribution in [0.3, 0.4) is 0 Å². The minimum Gasteiger partial charge on any atom is -0.478 e. The van der Waals surface area contributed by atoms with Crippen molar-refractivity contribution >= 4 is 5.97 Å². The third-order valence-electron chi connectivity index (χ3n) is 4.92. The number of nitrogens with one attached hydrogen (secondary N) is 1. The Kier molecular flexibility index (Phi) is 5.32. The average Bonchev–Trinajstić information content (AvgIpc) is 3.08. The zero-order valence-corrected chi connectivity index (χ0v) is 14.1. The van der Waals surface area contributed by atoms with Crippen molar-refractivity contribution < 1.29 is 23.1 Å². The van der Waals surface area contributed by atoms with Gasteiger partial charge in [0.15, 0.2) is 0 Å². The van der Waals surface area contributed by atoms with E-state index in [4.69, 9.17) is 5.11 Å². The van der Waals surface area contributed by atoms with E-state index in [0.717, 1.165) is 24.5 Å². The molecule has 0 bridgehead atoms. The molecule has 3 nitrogen and oxygen atoms in total. The van der Waals surface area contributed by atoms with Gasteiger partial charge in [0.05, 0.1) is 11.1 Å². The van der Waals surface area contributed by atoms with Crippen molar-refractivity contribution in [2.24, 2.45) is 0 Å². The maximum atomic E-state index is 13.3. The van der Waals surface area contributed by atoms with E-state index in [0.29, 0.717) is 18.5 Å². The van der Waals surface area contributed by atoms with Crippen molar-refractivity contribution in [3.8, 4) is 0 Å². The Morgan fingerprint density at radius 2 is 1.88 bits per heavy atom. The second kappa shape index (κ2) is 7.50. The number of aromatic carboxylic acids is 1. The fourth-order valence-corrected chi connectivity index (χ4v) is 3.72. The first-order valence-corrected chi connectivity index (χ1v) is 8.58. The van der Waals surface area contributed by atoms with Gasteiger partial charge in [-0.2, -0.15) is 13.2 Å². The quantitative estimate of drug-likeness (QED) is 0.800. The molecule has 2 N–H and O–H groups in total. The molecule has 2 aromatic carbocycles. The molecule has 0 saturated heterocycles. The Morgan fingerprint density at radius 1 is 1.12 bits per heavy atom. The van der Waals surface area contributed by atoms with Gasteiger partial charge in [0, 0.05) is 12.6 Å². The third-order valence-corrected chi connectivity index (χ3v) is 4.92. The van der Waals surface area contributed by atoms with Crippen LogP contribution >= 0.6 is 0 Å². The molecule has 0 aliphatic heterocycles. The number of alkyl halides is 3. The second-order valence-electron chi connectivity index (χ2n) is 6.62. The molecule has 138 valence electrons. The zero-order chi connectivity index (χ0) is 18.7. The molecule has 2 atom stereocenters. The van der Waals surface area contributed by atoms with Crippen LogP contribution < -0.4 is 5.32 Å². The summed E-state index contributed by atoms with van der Waals surface area (Å²) in [6.07, 6.45) is -1.99. The molecule has 0 spiro atoms. The van der Waals surface area contributed by atoms with Gasteiger partial charge in [-0.1, -0.05) is 36.8 Å². The monoisotopic (exact) mass is 363 g/mol. The summed E-state index contributed by atoms with van der Waals surface area (Å²) in [5.74, 6) is -1.19. The first kappa shape index (κ1) is 18.5. The first-order chi connectivity index (χ1) is 12.4. The summed E-state index contributed by atoms with van der Waals surface area (Å²) >= 11 is 0. The molecule has 1 aliphatic carbocycles. The number of halogens is 3. The van der Waals surface area contributed by atoms with E-state index in [2.05, 4.69) is 5.32 Å². The van der Waals surface area contributed by atoms with Crippen LogP contribution in [0.5, 0.6) is 0 Å². The average molecular weight is 363 g/mol. The van der Waals surface area contributed by atoms with E-state index in [1.807, 2.05) is 6.07 Å². The summed E-state index contributed by atoms with van der Waals surface area (Å²) in [7, 11) is 0. The van der Waals surface area contributed by atoms with Gasteiger partial charge in [0.1, 0.15) is 0 Å². The van der Waals surface area contributed by atoms with Crippen LogP contribution in [-0.2, 0) is 12.7 Å². The molecule has 0 amide bonds. The molecule has 2 unspecified atom stereocenters. The van der Waals surface area contributed by atoms with Crippen LogP contribution in [0.15, 0.2) is 48.5 Å². The summed E-state index contributed by atoms with van der Waals surface area (Å²) < 4.78 is 40.0. The largest absolute Gasteiger partial charge is 0.478 e. The number of carboxylic acid groups (broad SMARTS) is 1. The minimum atomic E-state index is -4.36. The van der Waals surface area contributed by atoms with E-state index < -0.39 is 17.7 Å². The van der Waals surface area contributed by atoms with Gasteiger partial charge in [-0.05, 0) is 48.1 Å². The molecule has 1 fully saturated rings. The number of benzene rings is 2. The minimum absolute atomic E-state index is 0.0630. The fraction of sp³-hybridized carbons (Fsp3) is 0.350. The van der Waals surface area contributed by atoms with Crippen molar-refractivity contribution in [1.29, 1.82) is 0 Å². The smallest absolute Gasteiger partial charge is 0.416 e. The Morgan fingerprint density at radius 3 is 2.62 bits per heavy atom. The lowest BCUT2D eigenvalue weighted by molar-refractivity contribution is -0.138. The second-order valence-corrected chi connectivity index (χ2v) is 6.62. The maximum Gasteiger partial charge on any atom is 0.416 e. The normalized spacial score (nSPS) is 20.3. The van der Waals surface area contributed by atoms with Crippen LogP contribution in [0.1, 0.15) is 52.2 Å². The highest BCUT2D eigenvalue weighted by Crippen LogP contribution is 2.41. The van der Waals surface area contributed by atoms with Crippen LogP contribution in [0.25, 0.3) is 0 Å². The van der Waals surface area contributed by atoms with Crippen molar-refractivity contribution in [1.82, 2.24) is 5.32 Å². The van der Waals surface area contributed by atoms with E-state index in [9.17, 15) is 18.0 Å². The highest BCUT2D eigenvalue weighted by molar-refractivity contribution is 5.87. The lowest BCUT2D eigenvalue weighted by atomic mass is 9.89. The van der Waals surface area contributed by atoms with Crippen molar-refractivity contribution in [3.05, 3.63) is 70.8 Å². The lowest BCUT2D eigenvalue weighted by Gasteiger charge is -2.24. The summed E-state index contributed by atoms with van der Waals surface area (Å²) in [5.41, 5.74) is 0.787. The number of hydrogen-bond acceptors (Lipinski definition) is 2. The molecule has 0 aromatic heterocycles. The van der Waals surface area contributed by atoms with E-state index in [-0.39, 0.29) is 17.5 Å². The third kappa shape index (κ3) is 4.07. The molecule has 1 aliphatic rings. The Labute approximate surface area is 149 Å². The summed E-state index contributed by atoms with van der Waals surface area (Å²) in [6.45, 7) is 0.427. The fourth-order valence-electron chi connectivity index (χ4n) is 3.72. The topological polar surface area (TPSA) is 49.3 Å². The van der Waals surface area contributed by atoms with Crippen molar-refractivity contribution in [2.45, 2.75) is 43.9 Å². The SMILES string of the molecule is O=C(O)c1cccc(CNC2CCCC2c2ccccc2C(F)(F)F)c1. The molecule has 2 aromatic rings. The Balaban J connectivity index is 1.76. The van der Waals surface area contributed by atoms with Crippen LogP contribution in [0.4, 0.5) is 13.2 Å². The molecule has 6 heteroatoms. The van der Waals surface area contributed by atoms with Gasteiger partial charge in [-0.25, -0.2) is 4.79 Å².